The second kappa shape index (κ2) is 6.04. The molecule has 5 heteroatoms. The van der Waals surface area contributed by atoms with Crippen molar-refractivity contribution in [3.8, 4) is 5.75 Å². The number of likely N-dealkylation sites (tertiary alicyclic amines) is 1. The van der Waals surface area contributed by atoms with Crippen LogP contribution in [0.3, 0.4) is 0 Å². The van der Waals surface area contributed by atoms with Crippen molar-refractivity contribution in [3.05, 3.63) is 29.3 Å². The van der Waals surface area contributed by atoms with Crippen LogP contribution in [-0.2, 0) is 12.7 Å². The van der Waals surface area contributed by atoms with Crippen LogP contribution in [0.1, 0.15) is 37.3 Å². The van der Waals surface area contributed by atoms with E-state index in [1.807, 2.05) is 0 Å². The molecule has 1 heterocycles. The number of benzene rings is 1. The molecule has 1 unspecified atom stereocenters. The highest BCUT2D eigenvalue weighted by Gasteiger charge is 2.34. The van der Waals surface area contributed by atoms with Crippen LogP contribution in [0.25, 0.3) is 0 Å². The summed E-state index contributed by atoms with van der Waals surface area (Å²) in [6, 6.07) is 3.76. The van der Waals surface area contributed by atoms with Crippen molar-refractivity contribution in [2.45, 2.75) is 38.9 Å². The predicted molar refractivity (Wildman–Crippen MR) is 71.4 cm³/mol. The van der Waals surface area contributed by atoms with E-state index in [4.69, 9.17) is 0 Å². The average Bonchev–Trinajstić information content (AvgIpc) is 2.78. The molecule has 0 spiro atoms. The Labute approximate surface area is 117 Å². The van der Waals surface area contributed by atoms with Crippen molar-refractivity contribution in [2.75, 3.05) is 13.1 Å². The van der Waals surface area contributed by atoms with Gasteiger partial charge < -0.3 is 5.11 Å². The van der Waals surface area contributed by atoms with Crippen molar-refractivity contribution in [1.29, 1.82) is 0 Å². The highest BCUT2D eigenvalue weighted by Crippen LogP contribution is 2.36. The van der Waals surface area contributed by atoms with Gasteiger partial charge in [0.15, 0.2) is 0 Å². The molecule has 112 valence electrons. The number of alkyl halides is 3. The summed E-state index contributed by atoms with van der Waals surface area (Å²) < 4.78 is 38.2. The lowest BCUT2D eigenvalue weighted by Crippen LogP contribution is -2.20. The van der Waals surface area contributed by atoms with Crippen LogP contribution in [0.4, 0.5) is 13.2 Å². The van der Waals surface area contributed by atoms with Gasteiger partial charge in [0.05, 0.1) is 5.56 Å². The molecule has 1 aromatic rings. The molecule has 2 rings (SSSR count). The van der Waals surface area contributed by atoms with Crippen LogP contribution in [0.2, 0.25) is 0 Å². The van der Waals surface area contributed by atoms with Crippen LogP contribution in [-0.4, -0.2) is 23.1 Å². The number of phenolic OH excluding ortho intramolecular Hbond substituents is 1. The standard InChI is InChI=1S/C15H20F3NO/c1-2-3-11-6-7-19(9-11)10-12-4-5-14(20)13(8-12)15(16,17)18/h4-5,8,11,20H,2-3,6-7,9-10H2,1H3. The van der Waals surface area contributed by atoms with Gasteiger partial charge in [0.2, 0.25) is 0 Å². The van der Waals surface area contributed by atoms with Gasteiger partial charge in [-0.05, 0) is 43.0 Å². The molecular weight excluding hydrogens is 267 g/mol. The van der Waals surface area contributed by atoms with Crippen molar-refractivity contribution in [2.24, 2.45) is 5.92 Å². The van der Waals surface area contributed by atoms with Gasteiger partial charge in [-0.2, -0.15) is 13.2 Å². The van der Waals surface area contributed by atoms with Gasteiger partial charge in [0.1, 0.15) is 5.75 Å². The molecule has 1 N–H and O–H groups in total. The van der Waals surface area contributed by atoms with Gasteiger partial charge in [0.25, 0.3) is 0 Å². The minimum absolute atomic E-state index is 0.517. The number of nitrogens with zero attached hydrogens (tertiary/aromatic N) is 1. The quantitative estimate of drug-likeness (QED) is 0.903. The maximum absolute atomic E-state index is 12.7. The Bertz CT molecular complexity index is 459. The predicted octanol–water partition coefficient (Wildman–Crippen LogP) is 4.03. The first-order chi connectivity index (χ1) is 9.40. The topological polar surface area (TPSA) is 23.5 Å². The fourth-order valence-electron chi connectivity index (χ4n) is 2.87. The largest absolute Gasteiger partial charge is 0.507 e. The van der Waals surface area contributed by atoms with Gasteiger partial charge in [0, 0.05) is 13.1 Å². The van der Waals surface area contributed by atoms with Crippen LogP contribution in [0.5, 0.6) is 5.75 Å². The second-order valence-electron chi connectivity index (χ2n) is 5.53. The first-order valence-corrected chi connectivity index (χ1v) is 7.01. The average molecular weight is 287 g/mol. The molecule has 1 atom stereocenters. The van der Waals surface area contributed by atoms with Crippen molar-refractivity contribution >= 4 is 0 Å². The van der Waals surface area contributed by atoms with Gasteiger partial charge in [-0.3, -0.25) is 4.90 Å². The molecule has 1 aliphatic heterocycles. The minimum Gasteiger partial charge on any atom is -0.507 e. The number of phenols is 1. The molecule has 0 aliphatic carbocycles. The van der Waals surface area contributed by atoms with E-state index >= 15 is 0 Å². The Morgan fingerprint density at radius 3 is 2.75 bits per heavy atom. The van der Waals surface area contributed by atoms with E-state index < -0.39 is 17.5 Å². The first kappa shape index (κ1) is 15.2. The Hall–Kier alpha value is -1.23. The molecule has 20 heavy (non-hydrogen) atoms. The minimum atomic E-state index is -4.50. The molecular formula is C15H20F3NO. The van der Waals surface area contributed by atoms with E-state index in [9.17, 15) is 18.3 Å². The monoisotopic (exact) mass is 287 g/mol. The van der Waals surface area contributed by atoms with E-state index in [0.717, 1.165) is 38.1 Å². The molecule has 0 aromatic heterocycles. The zero-order chi connectivity index (χ0) is 14.8. The third kappa shape index (κ3) is 3.66. The molecule has 1 aromatic carbocycles. The van der Waals surface area contributed by atoms with Crippen LogP contribution in [0, 0.1) is 5.92 Å². The zero-order valence-corrected chi connectivity index (χ0v) is 11.6. The fraction of sp³-hybridized carbons (Fsp3) is 0.600. The maximum atomic E-state index is 12.7. The van der Waals surface area contributed by atoms with E-state index in [-0.39, 0.29) is 0 Å². The fourth-order valence-corrected chi connectivity index (χ4v) is 2.87. The lowest BCUT2D eigenvalue weighted by Gasteiger charge is -2.17. The zero-order valence-electron chi connectivity index (χ0n) is 11.6. The Morgan fingerprint density at radius 1 is 1.35 bits per heavy atom. The highest BCUT2D eigenvalue weighted by molar-refractivity contribution is 5.38. The van der Waals surface area contributed by atoms with Crippen molar-refractivity contribution < 1.29 is 18.3 Å². The summed E-state index contributed by atoms with van der Waals surface area (Å²) in [6.45, 7) is 4.56. The van der Waals surface area contributed by atoms with E-state index in [2.05, 4.69) is 11.8 Å². The van der Waals surface area contributed by atoms with Gasteiger partial charge in [-0.15, -0.1) is 0 Å². The van der Waals surface area contributed by atoms with Gasteiger partial charge in [-0.25, -0.2) is 0 Å². The molecule has 0 saturated carbocycles. The van der Waals surface area contributed by atoms with Crippen LogP contribution < -0.4 is 0 Å². The highest BCUT2D eigenvalue weighted by atomic mass is 19.4. The Morgan fingerprint density at radius 2 is 2.10 bits per heavy atom. The summed E-state index contributed by atoms with van der Waals surface area (Å²) in [5.74, 6) is -0.0364. The second-order valence-corrected chi connectivity index (χ2v) is 5.53. The summed E-state index contributed by atoms with van der Waals surface area (Å²) in [4.78, 5) is 2.19. The summed E-state index contributed by atoms with van der Waals surface area (Å²) in [6.07, 6.45) is -1.05. The number of rotatable bonds is 4. The number of hydrogen-bond acceptors (Lipinski definition) is 2. The molecule has 0 radical (unpaired) electrons. The lowest BCUT2D eigenvalue weighted by molar-refractivity contribution is -0.138. The molecule has 0 amide bonds. The Kier molecular flexibility index (Phi) is 4.58. The smallest absolute Gasteiger partial charge is 0.419 e. The molecule has 1 saturated heterocycles. The van der Waals surface area contributed by atoms with Gasteiger partial charge >= 0.3 is 6.18 Å². The normalized spacial score (nSPS) is 20.5. The van der Waals surface area contributed by atoms with Gasteiger partial charge in [-0.1, -0.05) is 19.4 Å². The number of halogens is 3. The van der Waals surface area contributed by atoms with E-state index in [1.165, 1.54) is 6.42 Å². The van der Waals surface area contributed by atoms with Crippen molar-refractivity contribution in [3.63, 3.8) is 0 Å². The van der Waals surface area contributed by atoms with Crippen LogP contribution in [0.15, 0.2) is 18.2 Å². The SMILES string of the molecule is CCCC1CCN(Cc2ccc(O)c(C(F)(F)F)c2)C1. The molecule has 0 bridgehead atoms. The maximum Gasteiger partial charge on any atom is 0.419 e. The number of aromatic hydroxyl groups is 1. The Balaban J connectivity index is 2.04. The van der Waals surface area contributed by atoms with Crippen LogP contribution >= 0.6 is 0 Å². The first-order valence-electron chi connectivity index (χ1n) is 7.01. The summed E-state index contributed by atoms with van der Waals surface area (Å²) in [7, 11) is 0. The summed E-state index contributed by atoms with van der Waals surface area (Å²) >= 11 is 0. The van der Waals surface area contributed by atoms with E-state index in [1.54, 1.807) is 6.07 Å². The molecule has 1 fully saturated rings. The third-order valence-corrected chi connectivity index (χ3v) is 3.84. The lowest BCUT2D eigenvalue weighted by atomic mass is 10.0. The van der Waals surface area contributed by atoms with Crippen molar-refractivity contribution in [1.82, 2.24) is 4.90 Å². The summed E-state index contributed by atoms with van der Waals surface area (Å²) in [5, 5.41) is 9.31. The van der Waals surface area contributed by atoms with E-state index in [0.29, 0.717) is 18.0 Å². The summed E-state index contributed by atoms with van der Waals surface area (Å²) in [5.41, 5.74) is -0.341. The molecule has 1 aliphatic rings. The number of hydrogen-bond donors (Lipinski definition) is 1. The third-order valence-electron chi connectivity index (χ3n) is 3.84. The molecule has 2 nitrogen and oxygen atoms in total.